The average molecular weight is 288 g/mol. The molecule has 100 valence electrons. The Morgan fingerprint density at radius 3 is 2.61 bits per heavy atom. The number of nitrogens with one attached hydrogen (secondary N) is 1. The van der Waals surface area contributed by atoms with Crippen LogP contribution >= 0.6 is 23.2 Å². The van der Waals surface area contributed by atoms with Crippen molar-refractivity contribution in [3.05, 3.63) is 33.8 Å². The third-order valence-corrected chi connectivity index (χ3v) is 4.41. The lowest BCUT2D eigenvalue weighted by molar-refractivity contribution is 0.144. The number of piperidine rings is 1. The summed E-state index contributed by atoms with van der Waals surface area (Å²) in [6.45, 7) is 2.92. The highest BCUT2D eigenvalue weighted by molar-refractivity contribution is 6.42. The van der Waals surface area contributed by atoms with Gasteiger partial charge in [0.25, 0.3) is 0 Å². The highest BCUT2D eigenvalue weighted by atomic mass is 35.5. The molecule has 0 aromatic heterocycles. The summed E-state index contributed by atoms with van der Waals surface area (Å²) >= 11 is 12.1. The molecule has 1 aromatic carbocycles. The number of methoxy groups -OCH3 is 1. The number of rotatable bonds is 4. The SMILES string of the molecule is COC[C@@H](c1ccc(Cl)c(Cl)c1)C1CCNCC1. The largest absolute Gasteiger partial charge is 0.384 e. The van der Waals surface area contributed by atoms with Crippen LogP contribution in [0.1, 0.15) is 24.3 Å². The molecule has 0 bridgehead atoms. The Balaban J connectivity index is 2.19. The fourth-order valence-corrected chi connectivity index (χ4v) is 2.98. The maximum atomic E-state index is 6.11. The third-order valence-electron chi connectivity index (χ3n) is 3.67. The zero-order valence-corrected chi connectivity index (χ0v) is 12.1. The molecule has 1 aliphatic rings. The first-order valence-corrected chi connectivity index (χ1v) is 7.12. The lowest BCUT2D eigenvalue weighted by atomic mass is 9.81. The van der Waals surface area contributed by atoms with Gasteiger partial charge in [0, 0.05) is 13.0 Å². The zero-order valence-electron chi connectivity index (χ0n) is 10.6. The van der Waals surface area contributed by atoms with Crippen molar-refractivity contribution in [1.29, 1.82) is 0 Å². The van der Waals surface area contributed by atoms with E-state index in [2.05, 4.69) is 11.4 Å². The monoisotopic (exact) mass is 287 g/mol. The van der Waals surface area contributed by atoms with Crippen molar-refractivity contribution >= 4 is 23.2 Å². The fraction of sp³-hybridized carbons (Fsp3) is 0.571. The summed E-state index contributed by atoms with van der Waals surface area (Å²) in [5, 5.41) is 4.64. The van der Waals surface area contributed by atoms with Crippen LogP contribution in [-0.2, 0) is 4.74 Å². The van der Waals surface area contributed by atoms with Gasteiger partial charge in [0.05, 0.1) is 16.7 Å². The Kier molecular flexibility index (Phi) is 5.31. The predicted octanol–water partition coefficient (Wildman–Crippen LogP) is 3.72. The zero-order chi connectivity index (χ0) is 13.0. The van der Waals surface area contributed by atoms with Gasteiger partial charge in [-0.25, -0.2) is 0 Å². The van der Waals surface area contributed by atoms with Gasteiger partial charge in [0.1, 0.15) is 0 Å². The molecule has 1 aromatic rings. The first kappa shape index (κ1) is 14.1. The molecular formula is C14H19Cl2NO. The summed E-state index contributed by atoms with van der Waals surface area (Å²) in [6.07, 6.45) is 2.38. The molecule has 1 heterocycles. The van der Waals surface area contributed by atoms with Crippen molar-refractivity contribution in [2.45, 2.75) is 18.8 Å². The molecule has 0 amide bonds. The number of ether oxygens (including phenoxy) is 1. The normalized spacial score (nSPS) is 18.8. The molecular weight excluding hydrogens is 269 g/mol. The molecule has 0 unspecified atom stereocenters. The van der Waals surface area contributed by atoms with Crippen molar-refractivity contribution in [2.75, 3.05) is 26.8 Å². The van der Waals surface area contributed by atoms with E-state index in [0.717, 1.165) is 19.7 Å². The summed E-state index contributed by atoms with van der Waals surface area (Å²) in [5.74, 6) is 1.07. The van der Waals surface area contributed by atoms with Crippen LogP contribution in [0.25, 0.3) is 0 Å². The van der Waals surface area contributed by atoms with Gasteiger partial charge in [-0.1, -0.05) is 29.3 Å². The lowest BCUT2D eigenvalue weighted by Crippen LogP contribution is -2.32. The van der Waals surface area contributed by atoms with E-state index in [1.165, 1.54) is 18.4 Å². The van der Waals surface area contributed by atoms with Gasteiger partial charge >= 0.3 is 0 Å². The van der Waals surface area contributed by atoms with Gasteiger partial charge in [-0.05, 0) is 49.5 Å². The smallest absolute Gasteiger partial charge is 0.0595 e. The summed E-state index contributed by atoms with van der Waals surface area (Å²) in [5.41, 5.74) is 1.23. The van der Waals surface area contributed by atoms with Crippen molar-refractivity contribution in [2.24, 2.45) is 5.92 Å². The van der Waals surface area contributed by atoms with Crippen molar-refractivity contribution in [3.8, 4) is 0 Å². The van der Waals surface area contributed by atoms with E-state index in [1.807, 2.05) is 12.1 Å². The highest BCUT2D eigenvalue weighted by Crippen LogP contribution is 2.34. The Hall–Kier alpha value is -0.280. The van der Waals surface area contributed by atoms with Gasteiger partial charge < -0.3 is 10.1 Å². The quantitative estimate of drug-likeness (QED) is 0.911. The van der Waals surface area contributed by atoms with E-state index in [-0.39, 0.29) is 0 Å². The number of hydrogen-bond acceptors (Lipinski definition) is 2. The predicted molar refractivity (Wildman–Crippen MR) is 76.7 cm³/mol. The molecule has 1 fully saturated rings. The second-order valence-corrected chi connectivity index (χ2v) is 5.64. The Labute approximate surface area is 119 Å². The van der Waals surface area contributed by atoms with Gasteiger partial charge in [-0.15, -0.1) is 0 Å². The molecule has 0 saturated carbocycles. The average Bonchev–Trinajstić information content (AvgIpc) is 2.40. The van der Waals surface area contributed by atoms with Crippen LogP contribution in [0.3, 0.4) is 0 Å². The second kappa shape index (κ2) is 6.76. The van der Waals surface area contributed by atoms with Gasteiger partial charge in [-0.3, -0.25) is 0 Å². The molecule has 18 heavy (non-hydrogen) atoms. The second-order valence-electron chi connectivity index (χ2n) is 4.82. The maximum Gasteiger partial charge on any atom is 0.0595 e. The van der Waals surface area contributed by atoms with Crippen LogP contribution in [0.15, 0.2) is 18.2 Å². The minimum absolute atomic E-state index is 0.409. The van der Waals surface area contributed by atoms with Gasteiger partial charge in [0.15, 0.2) is 0 Å². The van der Waals surface area contributed by atoms with Crippen LogP contribution in [0.2, 0.25) is 10.0 Å². The van der Waals surface area contributed by atoms with E-state index >= 15 is 0 Å². The molecule has 1 aliphatic heterocycles. The van der Waals surface area contributed by atoms with E-state index in [4.69, 9.17) is 27.9 Å². The maximum absolute atomic E-state index is 6.11. The molecule has 1 N–H and O–H groups in total. The van der Waals surface area contributed by atoms with Crippen molar-refractivity contribution in [1.82, 2.24) is 5.32 Å². The van der Waals surface area contributed by atoms with Crippen molar-refractivity contribution < 1.29 is 4.74 Å². The van der Waals surface area contributed by atoms with Gasteiger partial charge in [-0.2, -0.15) is 0 Å². The van der Waals surface area contributed by atoms with Crippen molar-refractivity contribution in [3.63, 3.8) is 0 Å². The first-order chi connectivity index (χ1) is 8.72. The van der Waals surface area contributed by atoms with Crippen LogP contribution in [0, 0.1) is 5.92 Å². The third kappa shape index (κ3) is 3.39. The molecule has 1 atom stereocenters. The molecule has 0 aliphatic carbocycles. The van der Waals surface area contributed by atoms with Crippen LogP contribution < -0.4 is 5.32 Å². The number of hydrogen-bond donors (Lipinski definition) is 1. The Morgan fingerprint density at radius 1 is 1.28 bits per heavy atom. The molecule has 0 radical (unpaired) electrons. The van der Waals surface area contributed by atoms with Crippen LogP contribution in [0.5, 0.6) is 0 Å². The van der Waals surface area contributed by atoms with E-state index < -0.39 is 0 Å². The highest BCUT2D eigenvalue weighted by Gasteiger charge is 2.25. The number of halogens is 2. The molecule has 0 spiro atoms. The Bertz CT molecular complexity index is 391. The van der Waals surface area contributed by atoms with E-state index in [1.54, 1.807) is 7.11 Å². The molecule has 1 saturated heterocycles. The summed E-state index contributed by atoms with van der Waals surface area (Å²) < 4.78 is 5.39. The number of benzene rings is 1. The van der Waals surface area contributed by atoms with E-state index in [0.29, 0.717) is 21.9 Å². The molecule has 2 rings (SSSR count). The topological polar surface area (TPSA) is 21.3 Å². The minimum Gasteiger partial charge on any atom is -0.384 e. The van der Waals surface area contributed by atoms with Crippen LogP contribution in [-0.4, -0.2) is 26.8 Å². The minimum atomic E-state index is 0.409. The van der Waals surface area contributed by atoms with Crippen LogP contribution in [0.4, 0.5) is 0 Å². The first-order valence-electron chi connectivity index (χ1n) is 6.37. The lowest BCUT2D eigenvalue weighted by Gasteiger charge is -2.30. The van der Waals surface area contributed by atoms with E-state index in [9.17, 15) is 0 Å². The Morgan fingerprint density at radius 2 is 2.00 bits per heavy atom. The summed E-state index contributed by atoms with van der Waals surface area (Å²) in [7, 11) is 1.76. The van der Waals surface area contributed by atoms with Gasteiger partial charge in [0.2, 0.25) is 0 Å². The summed E-state index contributed by atoms with van der Waals surface area (Å²) in [4.78, 5) is 0. The fourth-order valence-electron chi connectivity index (χ4n) is 2.67. The molecule has 4 heteroatoms. The standard InChI is InChI=1S/C14H19Cl2NO/c1-18-9-12(10-4-6-17-7-5-10)11-2-3-13(15)14(16)8-11/h2-3,8,10,12,17H,4-7,9H2,1H3/t12-/m1/s1. The summed E-state index contributed by atoms with van der Waals surface area (Å²) in [6, 6.07) is 5.93. The molecule has 2 nitrogen and oxygen atoms in total.